The van der Waals surface area contributed by atoms with Gasteiger partial charge in [-0.2, -0.15) is 0 Å². The number of para-hydroxylation sites is 2. The summed E-state index contributed by atoms with van der Waals surface area (Å²) in [6, 6.07) is 31.7. The van der Waals surface area contributed by atoms with Crippen molar-refractivity contribution < 1.29 is 0 Å². The minimum atomic E-state index is -0.741. The van der Waals surface area contributed by atoms with E-state index in [1.54, 1.807) is 0 Å². The van der Waals surface area contributed by atoms with Gasteiger partial charge in [0.15, 0.2) is 0 Å². The lowest BCUT2D eigenvalue weighted by Gasteiger charge is -2.33. The summed E-state index contributed by atoms with van der Waals surface area (Å²) in [6.45, 7) is 4.82. The van der Waals surface area contributed by atoms with Gasteiger partial charge in [0, 0.05) is 29.8 Å². The van der Waals surface area contributed by atoms with Crippen molar-refractivity contribution in [3.05, 3.63) is 84.9 Å². The highest BCUT2D eigenvalue weighted by Gasteiger charge is 2.28. The SMILES string of the molecule is CN1c2ccccc2[Si](C)c2ccc(-c3ccc4c(c3)Nc3ccccc3[Si]4C)cc21. The standard InChI is InChI=1S/C27H24N2Si2/c1-29-22-9-5-7-11-26(22)31(3)27-15-13-19(17-23(27)29)18-12-14-25-21(16-18)28-20-8-4-6-10-24(20)30(25)2/h4-17,28H,1-3H3. The fourth-order valence-corrected chi connectivity index (χ4v) is 9.31. The third kappa shape index (κ3) is 2.82. The zero-order chi connectivity index (χ0) is 21.1. The molecule has 4 heteroatoms. The average molecular weight is 433 g/mol. The normalized spacial score (nSPS) is 14.9. The van der Waals surface area contributed by atoms with Gasteiger partial charge in [0.1, 0.15) is 17.6 Å². The van der Waals surface area contributed by atoms with Gasteiger partial charge < -0.3 is 10.2 Å². The smallest absolute Gasteiger partial charge is 0.123 e. The molecule has 2 radical (unpaired) electrons. The molecule has 0 atom stereocenters. The van der Waals surface area contributed by atoms with Gasteiger partial charge in [-0.1, -0.05) is 73.8 Å². The summed E-state index contributed by atoms with van der Waals surface area (Å²) in [6.07, 6.45) is 0. The molecule has 6 rings (SSSR count). The van der Waals surface area contributed by atoms with Crippen molar-refractivity contribution in [1.29, 1.82) is 0 Å². The van der Waals surface area contributed by atoms with E-state index in [1.165, 1.54) is 54.6 Å². The molecule has 1 N–H and O–H groups in total. The molecule has 0 saturated heterocycles. The molecule has 0 bridgehead atoms. The zero-order valence-corrected chi connectivity index (χ0v) is 20.0. The van der Waals surface area contributed by atoms with Crippen molar-refractivity contribution in [2.24, 2.45) is 0 Å². The van der Waals surface area contributed by atoms with Gasteiger partial charge in [-0.25, -0.2) is 0 Å². The Morgan fingerprint density at radius 3 is 2.00 bits per heavy atom. The van der Waals surface area contributed by atoms with Crippen molar-refractivity contribution >= 4 is 61.1 Å². The minimum Gasteiger partial charge on any atom is -0.356 e. The van der Waals surface area contributed by atoms with E-state index in [1.807, 2.05) is 0 Å². The summed E-state index contributed by atoms with van der Waals surface area (Å²) < 4.78 is 0. The lowest BCUT2D eigenvalue weighted by Crippen LogP contribution is -2.48. The fourth-order valence-electron chi connectivity index (χ4n) is 5.03. The van der Waals surface area contributed by atoms with E-state index in [4.69, 9.17) is 0 Å². The van der Waals surface area contributed by atoms with Gasteiger partial charge in [-0.05, 0) is 56.1 Å². The van der Waals surface area contributed by atoms with E-state index in [2.05, 4.69) is 115 Å². The summed E-state index contributed by atoms with van der Waals surface area (Å²) in [4.78, 5) is 2.37. The van der Waals surface area contributed by atoms with Gasteiger partial charge >= 0.3 is 0 Å². The van der Waals surface area contributed by atoms with Crippen LogP contribution in [0.4, 0.5) is 22.7 Å². The lowest BCUT2D eigenvalue weighted by molar-refractivity contribution is 1.22. The molecule has 150 valence electrons. The molecule has 4 aromatic carbocycles. The van der Waals surface area contributed by atoms with Crippen LogP contribution in [0.15, 0.2) is 84.9 Å². The Hall–Kier alpha value is -3.09. The van der Waals surface area contributed by atoms with Crippen LogP contribution in [0.25, 0.3) is 11.1 Å². The molecule has 0 fully saturated rings. The Kier molecular flexibility index (Phi) is 4.20. The predicted molar refractivity (Wildman–Crippen MR) is 138 cm³/mol. The van der Waals surface area contributed by atoms with Crippen molar-refractivity contribution in [1.82, 2.24) is 0 Å². The largest absolute Gasteiger partial charge is 0.356 e. The zero-order valence-electron chi connectivity index (χ0n) is 18.0. The number of benzene rings is 4. The van der Waals surface area contributed by atoms with Crippen molar-refractivity contribution in [2.75, 3.05) is 17.3 Å². The first-order valence-corrected chi connectivity index (χ1v) is 14.8. The second-order valence-corrected chi connectivity index (χ2v) is 13.1. The number of fused-ring (bicyclic) bond motifs is 4. The highest BCUT2D eigenvalue weighted by Crippen LogP contribution is 2.32. The maximum atomic E-state index is 3.69. The van der Waals surface area contributed by atoms with Crippen LogP contribution >= 0.6 is 0 Å². The molecule has 0 spiro atoms. The van der Waals surface area contributed by atoms with Crippen LogP contribution in [0, 0.1) is 0 Å². The maximum Gasteiger partial charge on any atom is 0.123 e. The monoisotopic (exact) mass is 432 g/mol. The topological polar surface area (TPSA) is 15.3 Å². The number of hydrogen-bond donors (Lipinski definition) is 1. The molecule has 0 aliphatic carbocycles. The van der Waals surface area contributed by atoms with Crippen LogP contribution in [0.3, 0.4) is 0 Å². The van der Waals surface area contributed by atoms with Crippen molar-refractivity contribution in [2.45, 2.75) is 13.1 Å². The van der Waals surface area contributed by atoms with Crippen LogP contribution in [-0.2, 0) is 0 Å². The van der Waals surface area contributed by atoms with E-state index < -0.39 is 17.6 Å². The molecule has 31 heavy (non-hydrogen) atoms. The van der Waals surface area contributed by atoms with Crippen LogP contribution in [0.5, 0.6) is 0 Å². The van der Waals surface area contributed by atoms with Gasteiger partial charge in [-0.3, -0.25) is 0 Å². The van der Waals surface area contributed by atoms with Crippen LogP contribution in [0.1, 0.15) is 0 Å². The Morgan fingerprint density at radius 1 is 0.581 bits per heavy atom. The molecule has 0 aromatic heterocycles. The van der Waals surface area contributed by atoms with Gasteiger partial charge in [0.2, 0.25) is 0 Å². The number of nitrogens with zero attached hydrogens (tertiary/aromatic N) is 1. The molecule has 0 saturated carbocycles. The number of rotatable bonds is 1. The number of hydrogen-bond acceptors (Lipinski definition) is 2. The molecule has 2 aliphatic rings. The van der Waals surface area contributed by atoms with Crippen LogP contribution in [-0.4, -0.2) is 24.6 Å². The first-order valence-electron chi connectivity index (χ1n) is 10.8. The molecular weight excluding hydrogens is 408 g/mol. The Balaban J connectivity index is 1.42. The summed E-state index contributed by atoms with van der Waals surface area (Å²) in [7, 11) is 0.726. The Morgan fingerprint density at radius 2 is 1.16 bits per heavy atom. The highest BCUT2D eigenvalue weighted by molar-refractivity contribution is 6.87. The number of nitrogens with one attached hydrogen (secondary N) is 1. The fraction of sp³-hybridized carbons (Fsp3) is 0.111. The summed E-state index contributed by atoms with van der Waals surface area (Å²) in [5.74, 6) is 0. The lowest BCUT2D eigenvalue weighted by atomic mass is 10.0. The van der Waals surface area contributed by atoms with E-state index in [0.29, 0.717) is 0 Å². The minimum absolute atomic E-state index is 0.734. The van der Waals surface area contributed by atoms with E-state index in [0.717, 1.165) is 0 Å². The van der Waals surface area contributed by atoms with Crippen molar-refractivity contribution in [3.8, 4) is 11.1 Å². The molecule has 4 aromatic rings. The summed E-state index contributed by atoms with van der Waals surface area (Å²) in [5, 5.41) is 9.64. The van der Waals surface area contributed by atoms with Gasteiger partial charge in [0.05, 0.1) is 0 Å². The second-order valence-electron chi connectivity index (χ2n) is 8.49. The highest BCUT2D eigenvalue weighted by atomic mass is 28.3. The van der Waals surface area contributed by atoms with Gasteiger partial charge in [0.25, 0.3) is 0 Å². The Labute approximate surface area is 187 Å². The molecule has 2 heterocycles. The van der Waals surface area contributed by atoms with E-state index in [-0.39, 0.29) is 0 Å². The quantitative estimate of drug-likeness (QED) is 0.458. The third-order valence-corrected chi connectivity index (χ3v) is 11.7. The maximum absolute atomic E-state index is 3.69. The molecule has 2 aliphatic heterocycles. The van der Waals surface area contributed by atoms with Crippen LogP contribution in [0.2, 0.25) is 13.1 Å². The average Bonchev–Trinajstić information content (AvgIpc) is 2.82. The number of anilines is 4. The van der Waals surface area contributed by atoms with Crippen LogP contribution < -0.4 is 31.0 Å². The first kappa shape index (κ1) is 18.7. The Bertz CT molecular complexity index is 1330. The predicted octanol–water partition coefficient (Wildman–Crippen LogP) is 3.97. The molecule has 2 nitrogen and oxygen atoms in total. The second kappa shape index (κ2) is 6.97. The summed E-state index contributed by atoms with van der Waals surface area (Å²) >= 11 is 0. The van der Waals surface area contributed by atoms with Gasteiger partial charge in [-0.15, -0.1) is 0 Å². The molecule has 0 amide bonds. The van der Waals surface area contributed by atoms with E-state index in [9.17, 15) is 0 Å². The third-order valence-electron chi connectivity index (χ3n) is 6.79. The van der Waals surface area contributed by atoms with Crippen molar-refractivity contribution in [3.63, 3.8) is 0 Å². The first-order chi connectivity index (χ1) is 15.1. The van der Waals surface area contributed by atoms with E-state index >= 15 is 0 Å². The molecular formula is C27H24N2Si2. The summed E-state index contributed by atoms with van der Waals surface area (Å²) in [5.41, 5.74) is 7.80. The molecule has 0 unspecified atom stereocenters.